The summed E-state index contributed by atoms with van der Waals surface area (Å²) in [5.41, 5.74) is 8.35. The molecule has 5 nitrogen and oxygen atoms in total. The Labute approximate surface area is 264 Å². The molecule has 8 aromatic rings. The van der Waals surface area contributed by atoms with E-state index in [-0.39, 0.29) is 0 Å². The maximum Gasteiger partial charge on any atom is 0.145 e. The van der Waals surface area contributed by atoms with E-state index < -0.39 is 5.41 Å². The van der Waals surface area contributed by atoms with Gasteiger partial charge in [-0.3, -0.25) is 0 Å². The third kappa shape index (κ3) is 3.43. The van der Waals surface area contributed by atoms with E-state index in [0.29, 0.717) is 11.1 Å². The lowest BCUT2D eigenvalue weighted by Crippen LogP contribution is -2.15. The molecule has 216 valence electrons. The van der Waals surface area contributed by atoms with E-state index in [1.165, 1.54) is 0 Å². The van der Waals surface area contributed by atoms with Gasteiger partial charge in [0.25, 0.3) is 0 Å². The normalized spacial score (nSPS) is 17.6. The van der Waals surface area contributed by atoms with Crippen LogP contribution in [0.25, 0.3) is 77.4 Å². The smallest absolute Gasteiger partial charge is 0.145 e. The van der Waals surface area contributed by atoms with Gasteiger partial charge in [-0.15, -0.1) is 0 Å². The number of furan rings is 1. The van der Waals surface area contributed by atoms with Crippen LogP contribution >= 0.6 is 0 Å². The summed E-state index contributed by atoms with van der Waals surface area (Å²) >= 11 is 0. The molecule has 0 radical (unpaired) electrons. The zero-order valence-corrected chi connectivity index (χ0v) is 25.2. The van der Waals surface area contributed by atoms with Crippen LogP contribution in [0.1, 0.15) is 19.4 Å². The number of aromatic nitrogens is 2. The Hall–Kier alpha value is -6.30. The van der Waals surface area contributed by atoms with Crippen molar-refractivity contribution in [3.05, 3.63) is 132 Å². The van der Waals surface area contributed by atoms with Crippen molar-refractivity contribution in [1.29, 1.82) is 10.5 Å². The van der Waals surface area contributed by atoms with Crippen LogP contribution in [0.2, 0.25) is 0 Å². The molecule has 3 aromatic heterocycles. The lowest BCUT2D eigenvalue weighted by atomic mass is 9.81. The van der Waals surface area contributed by atoms with Crippen LogP contribution in [0.4, 0.5) is 0 Å². The molecule has 0 fully saturated rings. The largest absolute Gasteiger partial charge is 0.455 e. The summed E-state index contributed by atoms with van der Waals surface area (Å²) in [6, 6.07) is 38.4. The number of rotatable bonds is 1. The van der Waals surface area contributed by atoms with Crippen molar-refractivity contribution < 1.29 is 4.42 Å². The summed E-state index contributed by atoms with van der Waals surface area (Å²) in [4.78, 5) is 0. The molecule has 0 N–H and O–H groups in total. The van der Waals surface area contributed by atoms with E-state index >= 15 is 0 Å². The van der Waals surface area contributed by atoms with Gasteiger partial charge < -0.3 is 13.6 Å². The third-order valence-corrected chi connectivity index (χ3v) is 9.51. The fourth-order valence-corrected chi connectivity index (χ4v) is 7.33. The molecule has 0 amide bonds. The van der Waals surface area contributed by atoms with Crippen molar-refractivity contribution in [3.63, 3.8) is 0 Å². The summed E-state index contributed by atoms with van der Waals surface area (Å²) in [7, 11) is 0. The van der Waals surface area contributed by atoms with Gasteiger partial charge in [-0.05, 0) is 60.2 Å². The summed E-state index contributed by atoms with van der Waals surface area (Å²) in [6.45, 7) is 4.32. The minimum Gasteiger partial charge on any atom is -0.455 e. The zero-order chi connectivity index (χ0) is 31.2. The van der Waals surface area contributed by atoms with E-state index in [1.807, 2.05) is 24.4 Å². The van der Waals surface area contributed by atoms with Gasteiger partial charge in [0.2, 0.25) is 0 Å². The summed E-state index contributed by atoms with van der Waals surface area (Å²) in [6.07, 6.45) is 7.48. The first-order valence-electron chi connectivity index (χ1n) is 15.3. The maximum atomic E-state index is 9.94. The molecule has 1 aliphatic rings. The fraction of sp³-hybridized carbons (Fsp3) is 0.0732. The number of allylic oxidation sites excluding steroid dienone is 5. The lowest BCUT2D eigenvalue weighted by molar-refractivity contribution is 0.669. The van der Waals surface area contributed by atoms with Crippen LogP contribution in [-0.4, -0.2) is 9.13 Å². The van der Waals surface area contributed by atoms with Gasteiger partial charge in [-0.2, -0.15) is 10.5 Å². The second kappa shape index (κ2) is 9.35. The van der Waals surface area contributed by atoms with Crippen LogP contribution in [0.3, 0.4) is 0 Å². The molecule has 46 heavy (non-hydrogen) atoms. The van der Waals surface area contributed by atoms with Gasteiger partial charge in [0.1, 0.15) is 23.3 Å². The molecule has 0 atom stereocenters. The standard InChI is InChI=1S/C41H26N4O/c1-41(2)20-18-25(23-42)26(24-43)19-21-44-33-14-8-6-12-29(33)37-38(44)32(41)22-31-28-16-17-35-36(39(28)46-40(31)37)30-13-7-9-15-34(30)45(35)27-10-4-3-5-11-27/h3-22H,1-2H3/b20-18+,21-19+,26-25-. The van der Waals surface area contributed by atoms with E-state index in [2.05, 4.69) is 120 Å². The van der Waals surface area contributed by atoms with Gasteiger partial charge in [-0.1, -0.05) is 74.5 Å². The first-order valence-corrected chi connectivity index (χ1v) is 15.3. The molecule has 5 aromatic carbocycles. The number of benzene rings is 5. The third-order valence-electron chi connectivity index (χ3n) is 9.51. The average molecular weight is 591 g/mol. The van der Waals surface area contributed by atoms with E-state index in [1.54, 1.807) is 12.2 Å². The molecule has 0 bridgehead atoms. The van der Waals surface area contributed by atoms with Gasteiger partial charge in [0, 0.05) is 38.8 Å². The van der Waals surface area contributed by atoms with Crippen LogP contribution < -0.4 is 0 Å². The van der Waals surface area contributed by atoms with E-state index in [0.717, 1.165) is 76.8 Å². The van der Waals surface area contributed by atoms with Crippen molar-refractivity contribution in [3.8, 4) is 17.8 Å². The van der Waals surface area contributed by atoms with Gasteiger partial charge in [0.15, 0.2) is 0 Å². The van der Waals surface area contributed by atoms with Gasteiger partial charge in [0.05, 0.1) is 44.0 Å². The first kappa shape index (κ1) is 26.1. The first-order chi connectivity index (χ1) is 22.5. The van der Waals surface area contributed by atoms with Crippen LogP contribution in [0.5, 0.6) is 0 Å². The fourth-order valence-electron chi connectivity index (χ4n) is 7.33. The molecule has 1 aliphatic heterocycles. The molecule has 4 heterocycles. The van der Waals surface area contributed by atoms with Crippen LogP contribution in [0, 0.1) is 22.7 Å². The quantitative estimate of drug-likeness (QED) is 0.191. The minimum absolute atomic E-state index is 0.325. The van der Waals surface area contributed by atoms with Crippen molar-refractivity contribution in [2.24, 2.45) is 0 Å². The molecular weight excluding hydrogens is 564 g/mol. The molecular formula is C41H26N4O. The van der Waals surface area contributed by atoms with Crippen LogP contribution in [0.15, 0.2) is 131 Å². The molecule has 0 unspecified atom stereocenters. The van der Waals surface area contributed by atoms with Crippen molar-refractivity contribution >= 4 is 71.8 Å². The Balaban J connectivity index is 1.49. The topological polar surface area (TPSA) is 70.6 Å². The lowest BCUT2D eigenvalue weighted by Gasteiger charge is -2.24. The molecule has 0 saturated carbocycles. The number of nitriles is 2. The van der Waals surface area contributed by atoms with Crippen molar-refractivity contribution in [2.45, 2.75) is 19.3 Å². The second-order valence-electron chi connectivity index (χ2n) is 12.5. The maximum absolute atomic E-state index is 9.94. The SMILES string of the molecule is CC1(C)/C=C/C(C#N)=C(C#N)\C=C\n2c3ccccc3c3c4oc5c(ccc6c5c5ccccc5n6-c5ccccc5)c4cc1c32. The number of nitrogens with zero attached hydrogens (tertiary/aromatic N) is 4. The summed E-state index contributed by atoms with van der Waals surface area (Å²) < 4.78 is 11.5. The summed E-state index contributed by atoms with van der Waals surface area (Å²) in [5.74, 6) is 0. The predicted octanol–water partition coefficient (Wildman–Crippen LogP) is 10.5. The van der Waals surface area contributed by atoms with Gasteiger partial charge >= 0.3 is 0 Å². The molecule has 9 rings (SSSR count). The molecule has 0 saturated heterocycles. The monoisotopic (exact) mass is 590 g/mol. The van der Waals surface area contributed by atoms with Crippen molar-refractivity contribution in [2.75, 3.05) is 0 Å². The zero-order valence-electron chi connectivity index (χ0n) is 25.2. The number of para-hydroxylation sites is 3. The van der Waals surface area contributed by atoms with E-state index in [9.17, 15) is 10.5 Å². The Kier molecular flexibility index (Phi) is 5.31. The Morgan fingerprint density at radius 1 is 0.630 bits per heavy atom. The number of fused-ring (bicyclic) bond motifs is 11. The molecule has 5 heteroatoms. The Morgan fingerprint density at radius 2 is 1.28 bits per heavy atom. The highest BCUT2D eigenvalue weighted by atomic mass is 16.3. The van der Waals surface area contributed by atoms with Gasteiger partial charge in [-0.25, -0.2) is 0 Å². The molecule has 0 aliphatic carbocycles. The number of hydrogen-bond donors (Lipinski definition) is 0. The highest BCUT2D eigenvalue weighted by molar-refractivity contribution is 6.29. The molecule has 0 spiro atoms. The second-order valence-corrected chi connectivity index (χ2v) is 12.5. The Bertz CT molecular complexity index is 2780. The Morgan fingerprint density at radius 3 is 2.04 bits per heavy atom. The average Bonchev–Trinajstić information content (AvgIpc) is 3.73. The number of hydrogen-bond acceptors (Lipinski definition) is 3. The van der Waals surface area contributed by atoms with Crippen molar-refractivity contribution in [1.82, 2.24) is 9.13 Å². The predicted molar refractivity (Wildman–Crippen MR) is 187 cm³/mol. The summed E-state index contributed by atoms with van der Waals surface area (Å²) in [5, 5.41) is 26.3. The minimum atomic E-state index is -0.483. The highest BCUT2D eigenvalue weighted by Gasteiger charge is 2.29. The highest BCUT2D eigenvalue weighted by Crippen LogP contribution is 2.47. The van der Waals surface area contributed by atoms with E-state index in [4.69, 9.17) is 4.42 Å². The van der Waals surface area contributed by atoms with Crippen LogP contribution in [-0.2, 0) is 5.41 Å².